The number of H-pyrrole nitrogens is 2. The molecule has 1 rings (SSSR count). The van der Waals surface area contributed by atoms with Crippen molar-refractivity contribution in [3.63, 3.8) is 0 Å². The largest absolute Gasteiger partial charge is 1.00 e. The maximum Gasteiger partial charge on any atom is 0.352 e. The Morgan fingerprint density at radius 1 is 1.22 bits per heavy atom. The topological polar surface area (TPSA) is 29.9 Å². The number of rotatable bonds is 0. The van der Waals surface area contributed by atoms with E-state index in [9.17, 15) is 0 Å². The van der Waals surface area contributed by atoms with Gasteiger partial charge in [-0.25, -0.2) is 9.97 Å². The Morgan fingerprint density at radius 3 is 1.89 bits per heavy atom. The van der Waals surface area contributed by atoms with Gasteiger partial charge in [-0.05, 0) is 23.2 Å². The summed E-state index contributed by atoms with van der Waals surface area (Å²) in [6.45, 7) is 0. The molecule has 0 spiro atoms. The molecule has 0 saturated heterocycles. The zero-order valence-corrected chi connectivity index (χ0v) is 7.04. The predicted octanol–water partition coefficient (Wildman–Crippen LogP) is -1.21. The van der Waals surface area contributed by atoms with Crippen LogP contribution in [0.4, 0.5) is 0 Å². The van der Waals surface area contributed by atoms with Crippen LogP contribution in [0.3, 0.4) is 0 Å². The predicted molar refractivity (Wildman–Crippen MR) is 32.4 cm³/mol. The van der Waals surface area contributed by atoms with E-state index >= 15 is 0 Å². The van der Waals surface area contributed by atoms with Crippen molar-refractivity contribution in [2.45, 2.75) is 0 Å². The Labute approximate surface area is 72.9 Å². The number of imidazole rings is 1. The summed E-state index contributed by atoms with van der Waals surface area (Å²) in [4.78, 5) is 5.10. The maximum atomic E-state index is 5.43. The van der Waals surface area contributed by atoms with E-state index in [0.29, 0.717) is 15.6 Å². The van der Waals surface area contributed by atoms with Crippen LogP contribution in [0.1, 0.15) is 0 Å². The standard InChI is InChI=1S/C3HCl3N2.ClH/c4-1-2(5)8-3(6)7-1;/h(H,7,8);1H. The molecule has 9 heavy (non-hydrogen) atoms. The smallest absolute Gasteiger partial charge is 0.352 e. The highest BCUT2D eigenvalue weighted by atomic mass is 35.5. The minimum Gasteiger partial charge on any atom is -1.00 e. The van der Waals surface area contributed by atoms with Crippen LogP contribution >= 0.6 is 34.8 Å². The van der Waals surface area contributed by atoms with Gasteiger partial charge in [-0.2, -0.15) is 0 Å². The summed E-state index contributed by atoms with van der Waals surface area (Å²) in [5.41, 5.74) is 0. The van der Waals surface area contributed by atoms with Crippen LogP contribution in [0.5, 0.6) is 0 Å². The third-order valence-corrected chi connectivity index (χ3v) is 1.48. The highest BCUT2D eigenvalue weighted by Gasteiger charge is 2.09. The molecule has 2 nitrogen and oxygen atoms in total. The fourth-order valence-electron chi connectivity index (χ4n) is 0.334. The first kappa shape index (κ1) is 9.37. The van der Waals surface area contributed by atoms with Crippen molar-refractivity contribution in [1.29, 1.82) is 0 Å². The molecule has 2 N–H and O–H groups in total. The summed E-state index contributed by atoms with van der Waals surface area (Å²) in [7, 11) is 0. The van der Waals surface area contributed by atoms with E-state index in [2.05, 4.69) is 9.97 Å². The monoisotopic (exact) mass is 206 g/mol. The van der Waals surface area contributed by atoms with E-state index in [0.717, 1.165) is 0 Å². The molecule has 0 bridgehead atoms. The second-order valence-corrected chi connectivity index (χ2v) is 2.33. The normalized spacial score (nSPS) is 8.78. The first-order valence-corrected chi connectivity index (χ1v) is 2.95. The summed E-state index contributed by atoms with van der Waals surface area (Å²) < 4.78 is 0. The zero-order chi connectivity index (χ0) is 6.15. The van der Waals surface area contributed by atoms with Crippen molar-refractivity contribution in [3.05, 3.63) is 15.6 Å². The van der Waals surface area contributed by atoms with Crippen LogP contribution in [0.25, 0.3) is 0 Å². The molecule has 0 saturated carbocycles. The summed E-state index contributed by atoms with van der Waals surface area (Å²) in [6, 6.07) is 0. The van der Waals surface area contributed by atoms with Crippen molar-refractivity contribution in [2.75, 3.05) is 0 Å². The molecule has 0 radical (unpaired) electrons. The molecule has 1 aromatic rings. The lowest BCUT2D eigenvalue weighted by molar-refractivity contribution is -0.370. The first-order chi connectivity index (χ1) is 3.70. The van der Waals surface area contributed by atoms with Gasteiger partial charge in [0, 0.05) is 11.6 Å². The van der Waals surface area contributed by atoms with Gasteiger partial charge in [-0.3, -0.25) is 0 Å². The van der Waals surface area contributed by atoms with Gasteiger partial charge in [-0.1, -0.05) is 0 Å². The van der Waals surface area contributed by atoms with Crippen molar-refractivity contribution in [2.24, 2.45) is 0 Å². The molecule has 0 aliphatic rings. The van der Waals surface area contributed by atoms with Crippen molar-refractivity contribution < 1.29 is 17.4 Å². The molecular weight excluding hydrogens is 206 g/mol. The molecule has 6 heteroatoms. The highest BCUT2D eigenvalue weighted by molar-refractivity contribution is 6.40. The van der Waals surface area contributed by atoms with Gasteiger partial charge in [0.1, 0.15) is 0 Å². The average Bonchev–Trinajstić information content (AvgIpc) is 1.85. The summed E-state index contributed by atoms with van der Waals surface area (Å²) in [6.07, 6.45) is 0. The molecular formula is C3H2Cl4N2. The Morgan fingerprint density at radius 2 is 1.78 bits per heavy atom. The van der Waals surface area contributed by atoms with Crippen LogP contribution in [0, 0.1) is 0 Å². The quantitative estimate of drug-likeness (QED) is 0.554. The van der Waals surface area contributed by atoms with E-state index in [1.54, 1.807) is 0 Å². The third kappa shape index (κ3) is 2.22. The third-order valence-electron chi connectivity index (χ3n) is 0.632. The SMILES string of the molecule is Clc1[nH]c(Cl)c(Cl)[nH+]1.[Cl-]. The highest BCUT2D eigenvalue weighted by Crippen LogP contribution is 2.15. The van der Waals surface area contributed by atoms with Gasteiger partial charge in [0.2, 0.25) is 0 Å². The average molecular weight is 208 g/mol. The second-order valence-electron chi connectivity index (χ2n) is 1.19. The molecule has 0 aliphatic heterocycles. The van der Waals surface area contributed by atoms with Crippen LogP contribution in [0.2, 0.25) is 15.6 Å². The lowest BCUT2D eigenvalue weighted by atomic mass is 10.9. The number of hydrogen-bond acceptors (Lipinski definition) is 0. The molecule has 0 atom stereocenters. The molecule has 1 aromatic heterocycles. The fourth-order valence-corrected chi connectivity index (χ4v) is 0.903. The van der Waals surface area contributed by atoms with Gasteiger partial charge in [-0.15, -0.1) is 0 Å². The Bertz CT molecular complexity index is 176. The Kier molecular flexibility index (Phi) is 3.66. The molecule has 0 aromatic carbocycles. The van der Waals surface area contributed by atoms with E-state index in [1.165, 1.54) is 0 Å². The van der Waals surface area contributed by atoms with E-state index in [4.69, 9.17) is 34.8 Å². The molecule has 0 amide bonds. The molecule has 0 aliphatic carbocycles. The summed E-state index contributed by atoms with van der Waals surface area (Å²) in [5.74, 6) is 0. The van der Waals surface area contributed by atoms with Gasteiger partial charge >= 0.3 is 5.28 Å². The van der Waals surface area contributed by atoms with E-state index in [1.807, 2.05) is 0 Å². The lowest BCUT2D eigenvalue weighted by Crippen LogP contribution is -3.00. The minimum atomic E-state index is 0. The van der Waals surface area contributed by atoms with Crippen molar-refractivity contribution >= 4 is 34.8 Å². The number of halogens is 4. The van der Waals surface area contributed by atoms with Gasteiger partial charge in [0.05, 0.1) is 0 Å². The Balaban J connectivity index is 0.000000640. The van der Waals surface area contributed by atoms with Crippen molar-refractivity contribution in [3.8, 4) is 0 Å². The van der Waals surface area contributed by atoms with Gasteiger partial charge < -0.3 is 12.4 Å². The maximum absolute atomic E-state index is 5.43. The van der Waals surface area contributed by atoms with Crippen LogP contribution < -0.4 is 17.4 Å². The number of hydrogen-bond donors (Lipinski definition) is 1. The summed E-state index contributed by atoms with van der Waals surface area (Å²) in [5, 5.41) is 0.994. The van der Waals surface area contributed by atoms with Gasteiger partial charge in [0.25, 0.3) is 10.3 Å². The molecule has 0 fully saturated rings. The Hall–Kier alpha value is 0.370. The van der Waals surface area contributed by atoms with Crippen LogP contribution in [0.15, 0.2) is 0 Å². The van der Waals surface area contributed by atoms with Gasteiger partial charge in [0.15, 0.2) is 0 Å². The zero-order valence-electron chi connectivity index (χ0n) is 4.01. The van der Waals surface area contributed by atoms with Crippen LogP contribution in [-0.4, -0.2) is 4.98 Å². The molecule has 0 unspecified atom stereocenters. The van der Waals surface area contributed by atoms with E-state index < -0.39 is 0 Å². The number of aromatic amines is 2. The minimum absolute atomic E-state index is 0. The fraction of sp³-hybridized carbons (Fsp3) is 0. The lowest BCUT2D eigenvalue weighted by Gasteiger charge is -1.65. The first-order valence-electron chi connectivity index (χ1n) is 1.82. The number of aromatic nitrogens is 2. The number of nitrogens with one attached hydrogen (secondary N) is 2. The van der Waals surface area contributed by atoms with Crippen LogP contribution in [-0.2, 0) is 0 Å². The van der Waals surface area contributed by atoms with E-state index in [-0.39, 0.29) is 12.4 Å². The molecule has 1 heterocycles. The second kappa shape index (κ2) is 3.52. The molecule has 52 valence electrons. The summed E-state index contributed by atoms with van der Waals surface area (Å²) >= 11 is 16.2. The van der Waals surface area contributed by atoms with Crippen molar-refractivity contribution in [1.82, 2.24) is 4.98 Å².